The van der Waals surface area contributed by atoms with Crippen molar-refractivity contribution in [2.75, 3.05) is 5.32 Å². The third-order valence-electron chi connectivity index (χ3n) is 4.25. The molecule has 0 aliphatic rings. The topological polar surface area (TPSA) is 53.6 Å². The average Bonchev–Trinajstić information content (AvgIpc) is 3.05. The molecule has 0 amide bonds. The van der Waals surface area contributed by atoms with Gasteiger partial charge < -0.3 is 10.3 Å². The van der Waals surface area contributed by atoms with Crippen LogP contribution >= 0.6 is 0 Å². The quantitative estimate of drug-likeness (QED) is 0.535. The van der Waals surface area contributed by atoms with Crippen molar-refractivity contribution in [1.82, 2.24) is 15.0 Å². The Morgan fingerprint density at radius 2 is 1.92 bits per heavy atom. The highest BCUT2D eigenvalue weighted by Crippen LogP contribution is 2.27. The van der Waals surface area contributed by atoms with Crippen molar-refractivity contribution in [2.45, 2.75) is 13.3 Å². The van der Waals surface area contributed by atoms with Gasteiger partial charge in [0, 0.05) is 29.4 Å². The lowest BCUT2D eigenvalue weighted by Crippen LogP contribution is -1.99. The van der Waals surface area contributed by atoms with Crippen LogP contribution in [-0.2, 0) is 6.42 Å². The van der Waals surface area contributed by atoms with Crippen LogP contribution in [0.3, 0.4) is 0 Å². The minimum atomic E-state index is 0.724. The number of aryl methyl sites for hydroxylation is 1. The maximum absolute atomic E-state index is 5.49. The summed E-state index contributed by atoms with van der Waals surface area (Å²) in [6.45, 7) is 1.90. The molecule has 4 rings (SSSR count). The van der Waals surface area contributed by atoms with Crippen molar-refractivity contribution < 1.29 is 0 Å². The third-order valence-corrected chi connectivity index (χ3v) is 4.25. The first-order valence-corrected chi connectivity index (χ1v) is 8.45. The molecule has 26 heavy (non-hydrogen) atoms. The van der Waals surface area contributed by atoms with Gasteiger partial charge in [-0.3, -0.25) is 0 Å². The van der Waals surface area contributed by atoms with Gasteiger partial charge in [-0.25, -0.2) is 9.97 Å². The molecule has 4 heteroatoms. The summed E-state index contributed by atoms with van der Waals surface area (Å²) in [6, 6.07) is 18.1. The predicted octanol–water partition coefficient (Wildman–Crippen LogP) is 4.58. The first kappa shape index (κ1) is 15.9. The van der Waals surface area contributed by atoms with Gasteiger partial charge in [-0.05, 0) is 30.7 Å². The monoisotopic (exact) mass is 338 g/mol. The molecule has 0 aliphatic heterocycles. The summed E-state index contributed by atoms with van der Waals surface area (Å²) in [7, 11) is 0. The molecule has 0 fully saturated rings. The zero-order valence-corrected chi connectivity index (χ0v) is 14.5. The number of H-pyrrole nitrogens is 1. The van der Waals surface area contributed by atoms with Crippen LogP contribution in [0.5, 0.6) is 0 Å². The van der Waals surface area contributed by atoms with E-state index in [0.29, 0.717) is 0 Å². The Kier molecular flexibility index (Phi) is 4.12. The van der Waals surface area contributed by atoms with Crippen molar-refractivity contribution in [3.05, 3.63) is 83.3 Å². The number of anilines is 2. The molecule has 4 nitrogen and oxygen atoms in total. The number of hydrogen-bond donors (Lipinski definition) is 2. The highest BCUT2D eigenvalue weighted by atomic mass is 15.1. The van der Waals surface area contributed by atoms with Gasteiger partial charge in [0.05, 0.1) is 5.52 Å². The first-order valence-electron chi connectivity index (χ1n) is 8.45. The van der Waals surface area contributed by atoms with Crippen molar-refractivity contribution in [3.8, 4) is 12.3 Å². The number of aromatic nitrogens is 3. The summed E-state index contributed by atoms with van der Waals surface area (Å²) >= 11 is 0. The van der Waals surface area contributed by atoms with E-state index in [1.165, 1.54) is 5.56 Å². The number of rotatable bonds is 4. The summed E-state index contributed by atoms with van der Waals surface area (Å²) in [5.74, 6) is 4.13. The van der Waals surface area contributed by atoms with Gasteiger partial charge in [-0.1, -0.05) is 42.3 Å². The summed E-state index contributed by atoms with van der Waals surface area (Å²) in [4.78, 5) is 12.5. The number of fused-ring (bicyclic) bond motifs is 1. The van der Waals surface area contributed by atoms with Gasteiger partial charge >= 0.3 is 0 Å². The minimum Gasteiger partial charge on any atom is -0.357 e. The van der Waals surface area contributed by atoms with Gasteiger partial charge in [0.15, 0.2) is 5.82 Å². The fraction of sp³-hybridized carbons (Fsp3) is 0.0909. The van der Waals surface area contributed by atoms with Crippen LogP contribution in [0.2, 0.25) is 0 Å². The second-order valence-electron chi connectivity index (χ2n) is 6.17. The summed E-state index contributed by atoms with van der Waals surface area (Å²) < 4.78 is 0. The van der Waals surface area contributed by atoms with Crippen LogP contribution in [0.1, 0.15) is 22.5 Å². The summed E-state index contributed by atoms with van der Waals surface area (Å²) in [6.07, 6.45) is 8.33. The molecule has 126 valence electrons. The normalized spacial score (nSPS) is 10.6. The van der Waals surface area contributed by atoms with Gasteiger partial charge in [0.1, 0.15) is 11.3 Å². The van der Waals surface area contributed by atoms with Gasteiger partial charge in [-0.15, -0.1) is 6.42 Å². The Labute approximate surface area is 152 Å². The number of nitrogens with zero attached hydrogens (tertiary/aromatic N) is 2. The number of hydrogen-bond acceptors (Lipinski definition) is 3. The fourth-order valence-electron chi connectivity index (χ4n) is 3.03. The molecule has 0 radical (unpaired) electrons. The Morgan fingerprint density at radius 3 is 2.73 bits per heavy atom. The molecular formula is C22H18N4. The third kappa shape index (κ3) is 3.15. The van der Waals surface area contributed by atoms with E-state index < -0.39 is 0 Å². The summed E-state index contributed by atoms with van der Waals surface area (Å²) in [5, 5.41) is 3.36. The first-order chi connectivity index (χ1) is 12.7. The van der Waals surface area contributed by atoms with E-state index in [1.54, 1.807) is 0 Å². The molecule has 4 aromatic rings. The maximum Gasteiger partial charge on any atom is 0.158 e. The Bertz CT molecular complexity index is 1100. The van der Waals surface area contributed by atoms with Gasteiger partial charge in [-0.2, -0.15) is 0 Å². The van der Waals surface area contributed by atoms with Crippen LogP contribution in [-0.4, -0.2) is 15.0 Å². The van der Waals surface area contributed by atoms with E-state index in [0.717, 1.165) is 45.9 Å². The van der Waals surface area contributed by atoms with Crippen molar-refractivity contribution >= 4 is 22.5 Å². The molecule has 0 saturated heterocycles. The average molecular weight is 338 g/mol. The molecule has 0 unspecified atom stereocenters. The lowest BCUT2D eigenvalue weighted by molar-refractivity contribution is 1.08. The maximum atomic E-state index is 5.49. The minimum absolute atomic E-state index is 0.724. The van der Waals surface area contributed by atoms with Crippen LogP contribution in [0.4, 0.5) is 11.5 Å². The van der Waals surface area contributed by atoms with Crippen molar-refractivity contribution in [3.63, 3.8) is 0 Å². The Balaban J connectivity index is 1.73. The van der Waals surface area contributed by atoms with Crippen molar-refractivity contribution in [1.29, 1.82) is 0 Å². The molecule has 0 bridgehead atoms. The number of aromatic amines is 1. The SMILES string of the molecule is C#Cc1cccc(Nc2nc(C)nc3c(Cc4ccccc4)c[nH]c23)c1. The molecular weight excluding hydrogens is 320 g/mol. The molecule has 0 atom stereocenters. The standard InChI is InChI=1S/C22H18N4/c1-3-16-10-7-11-19(13-16)26-22-21-20(24-15(2)25-22)18(14-23-21)12-17-8-5-4-6-9-17/h1,4-11,13-14,23H,12H2,2H3,(H,24,25,26). The molecule has 2 aromatic carbocycles. The molecule has 2 N–H and O–H groups in total. The lowest BCUT2D eigenvalue weighted by Gasteiger charge is -2.08. The highest BCUT2D eigenvalue weighted by molar-refractivity contribution is 5.90. The zero-order chi connectivity index (χ0) is 17.9. The molecule has 2 heterocycles. The number of terminal acetylenes is 1. The van der Waals surface area contributed by atoms with Crippen LogP contribution < -0.4 is 5.32 Å². The lowest BCUT2D eigenvalue weighted by atomic mass is 10.1. The molecule has 0 aliphatic carbocycles. The van der Waals surface area contributed by atoms with Crippen LogP contribution in [0.25, 0.3) is 11.0 Å². The second-order valence-corrected chi connectivity index (χ2v) is 6.17. The predicted molar refractivity (Wildman–Crippen MR) is 106 cm³/mol. The van der Waals surface area contributed by atoms with E-state index in [2.05, 4.69) is 50.5 Å². The van der Waals surface area contributed by atoms with E-state index in [-0.39, 0.29) is 0 Å². The zero-order valence-electron chi connectivity index (χ0n) is 14.5. The van der Waals surface area contributed by atoms with Crippen molar-refractivity contribution in [2.24, 2.45) is 0 Å². The van der Waals surface area contributed by atoms with E-state index in [9.17, 15) is 0 Å². The van der Waals surface area contributed by atoms with E-state index in [4.69, 9.17) is 6.42 Å². The van der Waals surface area contributed by atoms with Crippen LogP contribution in [0, 0.1) is 19.3 Å². The number of nitrogens with one attached hydrogen (secondary N) is 2. The molecule has 2 aromatic heterocycles. The van der Waals surface area contributed by atoms with Gasteiger partial charge in [0.25, 0.3) is 0 Å². The Hall–Kier alpha value is -3.58. The van der Waals surface area contributed by atoms with Crippen LogP contribution in [0.15, 0.2) is 60.8 Å². The Morgan fingerprint density at radius 1 is 1.08 bits per heavy atom. The smallest absolute Gasteiger partial charge is 0.158 e. The summed E-state index contributed by atoms with van der Waals surface area (Å²) in [5.41, 5.74) is 5.97. The fourth-order valence-corrected chi connectivity index (χ4v) is 3.03. The van der Waals surface area contributed by atoms with Gasteiger partial charge in [0.2, 0.25) is 0 Å². The second kappa shape index (κ2) is 6.73. The van der Waals surface area contributed by atoms with E-state index in [1.807, 2.05) is 43.5 Å². The highest BCUT2D eigenvalue weighted by Gasteiger charge is 2.12. The van der Waals surface area contributed by atoms with E-state index >= 15 is 0 Å². The number of benzene rings is 2. The molecule has 0 saturated carbocycles. The largest absolute Gasteiger partial charge is 0.357 e. The molecule has 0 spiro atoms.